The Morgan fingerprint density at radius 2 is 2.15 bits per heavy atom. The predicted octanol–water partition coefficient (Wildman–Crippen LogP) is 2.00. The first-order valence-electron chi connectivity index (χ1n) is 5.15. The van der Waals surface area contributed by atoms with Crippen molar-refractivity contribution in [3.05, 3.63) is 34.6 Å². The van der Waals surface area contributed by atoms with Gasteiger partial charge in [-0.1, -0.05) is 11.6 Å². The summed E-state index contributed by atoms with van der Waals surface area (Å²) in [5.41, 5.74) is -0.169. The Kier molecular flexibility index (Phi) is 3.93. The van der Waals surface area contributed by atoms with Gasteiger partial charge in [-0.2, -0.15) is 4.37 Å². The summed E-state index contributed by atoms with van der Waals surface area (Å²) in [4.78, 5) is 14.5. The molecule has 106 valence electrons. The first-order valence-corrected chi connectivity index (χ1v) is 7.79. The van der Waals surface area contributed by atoms with E-state index in [9.17, 15) is 13.2 Å². The van der Waals surface area contributed by atoms with Crippen LogP contribution in [0, 0.1) is 6.92 Å². The van der Waals surface area contributed by atoms with Crippen molar-refractivity contribution in [2.24, 2.45) is 0 Å². The smallest absolute Gasteiger partial charge is 0.337 e. The second-order valence-corrected chi connectivity index (χ2v) is 6.54. The Morgan fingerprint density at radius 1 is 1.45 bits per heavy atom. The molecule has 0 bridgehead atoms. The summed E-state index contributed by atoms with van der Waals surface area (Å²) in [6.45, 7) is 1.63. The number of nitrogens with one attached hydrogen (secondary N) is 1. The number of sulfonamides is 1. The topological polar surface area (TPSA) is 109 Å². The molecule has 0 unspecified atom stereocenters. The van der Waals surface area contributed by atoms with Gasteiger partial charge >= 0.3 is 5.97 Å². The molecule has 7 nitrogen and oxygen atoms in total. The Hall–Kier alpha value is -1.71. The van der Waals surface area contributed by atoms with E-state index in [1.807, 2.05) is 0 Å². The highest BCUT2D eigenvalue weighted by Gasteiger charge is 2.19. The number of aromatic nitrogens is 2. The van der Waals surface area contributed by atoms with Crippen molar-refractivity contribution < 1.29 is 18.3 Å². The van der Waals surface area contributed by atoms with E-state index in [1.165, 1.54) is 0 Å². The molecule has 1 heterocycles. The van der Waals surface area contributed by atoms with Gasteiger partial charge in [0, 0.05) is 11.5 Å². The van der Waals surface area contributed by atoms with Crippen LogP contribution in [0.25, 0.3) is 0 Å². The number of anilines is 1. The summed E-state index contributed by atoms with van der Waals surface area (Å²) < 4.78 is 30.2. The SMILES string of the molecule is Cc1nsc(NS(=O)(=O)c2ccc(C(=O)O)c(Cl)c2)n1. The average Bonchev–Trinajstić information content (AvgIpc) is 2.73. The lowest BCUT2D eigenvalue weighted by atomic mass is 10.2. The molecule has 0 saturated heterocycles. The number of benzene rings is 1. The molecule has 2 N–H and O–H groups in total. The van der Waals surface area contributed by atoms with Gasteiger partial charge in [0.25, 0.3) is 10.0 Å². The molecule has 2 rings (SSSR count). The van der Waals surface area contributed by atoms with Crippen molar-refractivity contribution in [1.29, 1.82) is 0 Å². The third kappa shape index (κ3) is 3.06. The van der Waals surface area contributed by atoms with Crippen LogP contribution in [0.3, 0.4) is 0 Å². The van der Waals surface area contributed by atoms with Crippen LogP contribution in [0.5, 0.6) is 0 Å². The van der Waals surface area contributed by atoms with Crippen LogP contribution >= 0.6 is 23.1 Å². The van der Waals surface area contributed by atoms with Gasteiger partial charge in [0.2, 0.25) is 5.13 Å². The van der Waals surface area contributed by atoms with Gasteiger partial charge in [0.05, 0.1) is 15.5 Å². The standard InChI is InChI=1S/C10H8ClN3O4S2/c1-5-12-10(19-13-5)14-20(17,18)6-2-3-7(9(15)16)8(11)4-6/h2-4H,1H3,(H,15,16)(H,12,13,14). The van der Waals surface area contributed by atoms with E-state index >= 15 is 0 Å². The number of nitrogens with zero attached hydrogens (tertiary/aromatic N) is 2. The second kappa shape index (κ2) is 5.35. The van der Waals surface area contributed by atoms with Gasteiger partial charge in [0.1, 0.15) is 5.82 Å². The lowest BCUT2D eigenvalue weighted by molar-refractivity contribution is 0.0697. The van der Waals surface area contributed by atoms with E-state index in [-0.39, 0.29) is 20.6 Å². The van der Waals surface area contributed by atoms with Crippen molar-refractivity contribution in [2.45, 2.75) is 11.8 Å². The predicted molar refractivity (Wildman–Crippen MR) is 73.9 cm³/mol. The van der Waals surface area contributed by atoms with Gasteiger partial charge in [-0.15, -0.1) is 0 Å². The maximum Gasteiger partial charge on any atom is 0.337 e. The number of aromatic carboxylic acids is 1. The molecule has 0 atom stereocenters. The van der Waals surface area contributed by atoms with E-state index in [0.717, 1.165) is 29.7 Å². The van der Waals surface area contributed by atoms with Crippen molar-refractivity contribution in [3.63, 3.8) is 0 Å². The Balaban J connectivity index is 2.35. The van der Waals surface area contributed by atoms with Crippen molar-refractivity contribution in [2.75, 3.05) is 4.72 Å². The summed E-state index contributed by atoms with van der Waals surface area (Å²) in [5.74, 6) is -0.779. The summed E-state index contributed by atoms with van der Waals surface area (Å²) in [5, 5.41) is 8.80. The lowest BCUT2D eigenvalue weighted by Crippen LogP contribution is -2.13. The largest absolute Gasteiger partial charge is 0.478 e. The molecule has 1 aromatic carbocycles. The van der Waals surface area contributed by atoms with Crippen molar-refractivity contribution in [1.82, 2.24) is 9.36 Å². The second-order valence-electron chi connectivity index (χ2n) is 3.70. The van der Waals surface area contributed by atoms with Crippen LogP contribution in [0.4, 0.5) is 5.13 Å². The fourth-order valence-corrected chi connectivity index (χ4v) is 3.50. The number of hydrogen-bond donors (Lipinski definition) is 2. The molecule has 0 aliphatic carbocycles. The zero-order valence-corrected chi connectivity index (χ0v) is 12.4. The fraction of sp³-hybridized carbons (Fsp3) is 0.100. The molecule has 0 spiro atoms. The number of carboxylic acids is 1. The fourth-order valence-electron chi connectivity index (χ4n) is 1.35. The first kappa shape index (κ1) is 14.7. The van der Waals surface area contributed by atoms with E-state index in [4.69, 9.17) is 16.7 Å². The molecule has 10 heteroatoms. The average molecular weight is 334 g/mol. The molecule has 0 amide bonds. The van der Waals surface area contributed by atoms with Crippen LogP contribution in [0.2, 0.25) is 5.02 Å². The monoisotopic (exact) mass is 333 g/mol. The van der Waals surface area contributed by atoms with E-state index in [2.05, 4.69) is 14.1 Å². The van der Waals surface area contributed by atoms with E-state index in [1.54, 1.807) is 6.92 Å². The molecule has 0 aliphatic heterocycles. The van der Waals surface area contributed by atoms with Gasteiger partial charge < -0.3 is 5.11 Å². The van der Waals surface area contributed by atoms with Gasteiger partial charge in [-0.05, 0) is 25.1 Å². The van der Waals surface area contributed by atoms with E-state index in [0.29, 0.717) is 5.82 Å². The summed E-state index contributed by atoms with van der Waals surface area (Å²) in [7, 11) is -3.88. The summed E-state index contributed by atoms with van der Waals surface area (Å²) >= 11 is 6.64. The van der Waals surface area contributed by atoms with Crippen molar-refractivity contribution >= 4 is 44.3 Å². The number of carbonyl (C=O) groups is 1. The molecule has 2 aromatic rings. The zero-order valence-electron chi connectivity index (χ0n) is 9.99. The third-order valence-corrected chi connectivity index (χ3v) is 4.73. The Labute approximate surface area is 123 Å². The first-order chi connectivity index (χ1) is 9.29. The maximum atomic E-state index is 12.1. The minimum absolute atomic E-state index is 0.126. The molecular formula is C10H8ClN3O4S2. The zero-order chi connectivity index (χ0) is 14.9. The molecule has 1 aromatic heterocycles. The van der Waals surface area contributed by atoms with Crippen molar-refractivity contribution in [3.8, 4) is 0 Å². The van der Waals surface area contributed by atoms with Crippen LogP contribution < -0.4 is 4.72 Å². The number of halogens is 1. The molecule has 0 fully saturated rings. The minimum Gasteiger partial charge on any atom is -0.478 e. The minimum atomic E-state index is -3.88. The van der Waals surface area contributed by atoms with Crippen LogP contribution in [0.1, 0.15) is 16.2 Å². The molecule has 20 heavy (non-hydrogen) atoms. The van der Waals surface area contributed by atoms with Gasteiger partial charge in [-0.25, -0.2) is 18.2 Å². The molecular weight excluding hydrogens is 326 g/mol. The molecule has 0 saturated carbocycles. The highest BCUT2D eigenvalue weighted by molar-refractivity contribution is 7.93. The number of rotatable bonds is 4. The summed E-state index contributed by atoms with van der Waals surface area (Å²) in [6, 6.07) is 3.36. The van der Waals surface area contributed by atoms with Gasteiger partial charge in [0.15, 0.2) is 0 Å². The lowest BCUT2D eigenvalue weighted by Gasteiger charge is -2.06. The van der Waals surface area contributed by atoms with Crippen LogP contribution in [-0.2, 0) is 10.0 Å². The normalized spacial score (nSPS) is 11.3. The number of hydrogen-bond acceptors (Lipinski definition) is 6. The molecule has 0 radical (unpaired) electrons. The highest BCUT2D eigenvalue weighted by atomic mass is 35.5. The Bertz CT molecular complexity index is 773. The van der Waals surface area contributed by atoms with Crippen LogP contribution in [0.15, 0.2) is 23.1 Å². The highest BCUT2D eigenvalue weighted by Crippen LogP contribution is 2.23. The van der Waals surface area contributed by atoms with Crippen LogP contribution in [-0.4, -0.2) is 28.9 Å². The maximum absolute atomic E-state index is 12.1. The molecule has 0 aliphatic rings. The van der Waals surface area contributed by atoms with E-state index < -0.39 is 16.0 Å². The Morgan fingerprint density at radius 3 is 2.65 bits per heavy atom. The number of aryl methyl sites for hydroxylation is 1. The quantitative estimate of drug-likeness (QED) is 0.885. The number of carboxylic acid groups (broad SMARTS) is 1. The van der Waals surface area contributed by atoms with Gasteiger partial charge in [-0.3, -0.25) is 4.72 Å². The third-order valence-electron chi connectivity index (χ3n) is 2.23. The summed E-state index contributed by atoms with van der Waals surface area (Å²) in [6.07, 6.45) is 0.